The first-order chi connectivity index (χ1) is 8.49. The van der Waals surface area contributed by atoms with E-state index < -0.39 is 5.82 Å². The number of carbonyl (C=O) groups excluding carboxylic acids is 1. The first kappa shape index (κ1) is 14.4. The Kier molecular flexibility index (Phi) is 5.58. The summed E-state index contributed by atoms with van der Waals surface area (Å²) in [4.78, 5) is 11.5. The molecule has 100 valence electrons. The molecule has 4 nitrogen and oxygen atoms in total. The van der Waals surface area contributed by atoms with Gasteiger partial charge in [0, 0.05) is 12.3 Å². The number of carbonyl (C=O) groups is 1. The molecule has 1 aromatic carbocycles. The molecule has 0 aliphatic carbocycles. The monoisotopic (exact) mass is 254 g/mol. The fourth-order valence-corrected chi connectivity index (χ4v) is 1.31. The van der Waals surface area contributed by atoms with Gasteiger partial charge >= 0.3 is 0 Å². The number of anilines is 2. The van der Waals surface area contributed by atoms with E-state index in [-0.39, 0.29) is 18.2 Å². The molecule has 3 N–H and O–H groups in total. The van der Waals surface area contributed by atoms with Gasteiger partial charge in [0.1, 0.15) is 12.4 Å². The van der Waals surface area contributed by atoms with Gasteiger partial charge in [0.05, 0.1) is 5.69 Å². The van der Waals surface area contributed by atoms with E-state index in [4.69, 9.17) is 10.5 Å². The summed E-state index contributed by atoms with van der Waals surface area (Å²) in [5.74, 6) is -0.373. The summed E-state index contributed by atoms with van der Waals surface area (Å²) in [7, 11) is 0. The topological polar surface area (TPSA) is 64.3 Å². The van der Waals surface area contributed by atoms with Crippen LogP contribution in [-0.2, 0) is 9.53 Å². The molecule has 0 spiro atoms. The molecule has 0 aromatic heterocycles. The van der Waals surface area contributed by atoms with Gasteiger partial charge in [0.15, 0.2) is 0 Å². The van der Waals surface area contributed by atoms with E-state index in [1.165, 1.54) is 18.2 Å². The fraction of sp³-hybridized carbons (Fsp3) is 0.462. The van der Waals surface area contributed by atoms with E-state index in [0.717, 1.165) is 6.42 Å². The number of amides is 1. The predicted molar refractivity (Wildman–Crippen MR) is 69.7 cm³/mol. The molecule has 0 aliphatic heterocycles. The highest BCUT2D eigenvalue weighted by molar-refractivity contribution is 5.92. The second-order valence-electron chi connectivity index (χ2n) is 4.52. The van der Waals surface area contributed by atoms with Gasteiger partial charge < -0.3 is 15.8 Å². The Balaban J connectivity index is 2.38. The van der Waals surface area contributed by atoms with Crippen LogP contribution in [0, 0.1) is 11.7 Å². The van der Waals surface area contributed by atoms with Gasteiger partial charge in [-0.15, -0.1) is 0 Å². The number of ether oxygens (including phenoxy) is 1. The van der Waals surface area contributed by atoms with Crippen LogP contribution in [0.1, 0.15) is 20.3 Å². The number of hydrogen-bond donors (Lipinski definition) is 2. The molecule has 5 heteroatoms. The van der Waals surface area contributed by atoms with Crippen LogP contribution in [0.3, 0.4) is 0 Å². The zero-order valence-electron chi connectivity index (χ0n) is 10.7. The summed E-state index contributed by atoms with van der Waals surface area (Å²) in [6.07, 6.45) is 0.889. The van der Waals surface area contributed by atoms with Gasteiger partial charge in [0.2, 0.25) is 5.91 Å². The van der Waals surface area contributed by atoms with Crippen LogP contribution in [0.2, 0.25) is 0 Å². The van der Waals surface area contributed by atoms with Crippen molar-refractivity contribution in [1.82, 2.24) is 0 Å². The zero-order chi connectivity index (χ0) is 13.5. The van der Waals surface area contributed by atoms with Crippen molar-refractivity contribution in [3.05, 3.63) is 24.0 Å². The van der Waals surface area contributed by atoms with Crippen LogP contribution in [-0.4, -0.2) is 19.1 Å². The zero-order valence-corrected chi connectivity index (χ0v) is 10.7. The third-order valence-corrected chi connectivity index (χ3v) is 2.34. The molecule has 1 aromatic rings. The lowest BCUT2D eigenvalue weighted by Gasteiger charge is -2.08. The lowest BCUT2D eigenvalue weighted by molar-refractivity contribution is -0.120. The standard InChI is InChI=1S/C13H19FN2O2/c1-9(2)5-6-18-8-13(17)16-12-7-10(15)3-4-11(12)14/h3-4,7,9H,5-6,8,15H2,1-2H3,(H,16,17). The molecular formula is C13H19FN2O2. The summed E-state index contributed by atoms with van der Waals surface area (Å²) in [5, 5.41) is 2.42. The molecule has 1 amide bonds. The second-order valence-corrected chi connectivity index (χ2v) is 4.52. The largest absolute Gasteiger partial charge is 0.399 e. The van der Waals surface area contributed by atoms with Gasteiger partial charge in [0.25, 0.3) is 0 Å². The third kappa shape index (κ3) is 5.14. The first-order valence-electron chi connectivity index (χ1n) is 5.91. The Morgan fingerprint density at radius 1 is 1.50 bits per heavy atom. The average molecular weight is 254 g/mol. The number of benzene rings is 1. The maximum Gasteiger partial charge on any atom is 0.250 e. The Bertz CT molecular complexity index is 408. The van der Waals surface area contributed by atoms with E-state index in [1.54, 1.807) is 0 Å². The summed E-state index contributed by atoms with van der Waals surface area (Å²) >= 11 is 0. The van der Waals surface area contributed by atoms with Crippen molar-refractivity contribution < 1.29 is 13.9 Å². The van der Waals surface area contributed by atoms with Crippen molar-refractivity contribution in [1.29, 1.82) is 0 Å². The maximum absolute atomic E-state index is 13.3. The molecule has 0 saturated carbocycles. The van der Waals surface area contributed by atoms with Crippen LogP contribution < -0.4 is 11.1 Å². The average Bonchev–Trinajstić information content (AvgIpc) is 2.29. The van der Waals surface area contributed by atoms with Crippen molar-refractivity contribution in [3.8, 4) is 0 Å². The number of rotatable bonds is 6. The Morgan fingerprint density at radius 2 is 2.22 bits per heavy atom. The summed E-state index contributed by atoms with van der Waals surface area (Å²) < 4.78 is 18.5. The highest BCUT2D eigenvalue weighted by atomic mass is 19.1. The van der Waals surface area contributed by atoms with Crippen molar-refractivity contribution in [2.45, 2.75) is 20.3 Å². The number of halogens is 1. The molecule has 0 heterocycles. The Labute approximate surface area is 106 Å². The van der Waals surface area contributed by atoms with Crippen LogP contribution in [0.4, 0.5) is 15.8 Å². The van der Waals surface area contributed by atoms with Crippen molar-refractivity contribution in [2.75, 3.05) is 24.3 Å². The Morgan fingerprint density at radius 3 is 2.89 bits per heavy atom. The Hall–Kier alpha value is -1.62. The molecular weight excluding hydrogens is 235 g/mol. The molecule has 0 atom stereocenters. The van der Waals surface area contributed by atoms with Gasteiger partial charge in [-0.05, 0) is 30.5 Å². The molecule has 0 fully saturated rings. The van der Waals surface area contributed by atoms with Gasteiger partial charge in [-0.2, -0.15) is 0 Å². The van der Waals surface area contributed by atoms with Gasteiger partial charge in [-0.1, -0.05) is 13.8 Å². The number of hydrogen-bond acceptors (Lipinski definition) is 3. The summed E-state index contributed by atoms with van der Waals surface area (Å²) in [6.45, 7) is 4.59. The number of nitrogens with two attached hydrogens (primary N) is 1. The minimum atomic E-state index is -0.514. The van der Waals surface area contributed by atoms with Crippen molar-refractivity contribution in [3.63, 3.8) is 0 Å². The van der Waals surface area contributed by atoms with Crippen LogP contribution in [0.5, 0.6) is 0 Å². The first-order valence-corrected chi connectivity index (χ1v) is 5.91. The molecule has 0 radical (unpaired) electrons. The van der Waals surface area contributed by atoms with Gasteiger partial charge in [-0.25, -0.2) is 4.39 Å². The molecule has 0 saturated heterocycles. The number of nitrogen functional groups attached to an aromatic ring is 1. The fourth-order valence-electron chi connectivity index (χ4n) is 1.31. The highest BCUT2D eigenvalue weighted by Gasteiger charge is 2.07. The van der Waals surface area contributed by atoms with E-state index in [0.29, 0.717) is 18.2 Å². The minimum absolute atomic E-state index is 0.0764. The number of nitrogens with one attached hydrogen (secondary N) is 1. The van der Waals surface area contributed by atoms with Crippen molar-refractivity contribution in [2.24, 2.45) is 5.92 Å². The van der Waals surface area contributed by atoms with E-state index in [1.807, 2.05) is 0 Å². The molecule has 0 bridgehead atoms. The third-order valence-electron chi connectivity index (χ3n) is 2.34. The minimum Gasteiger partial charge on any atom is -0.399 e. The highest BCUT2D eigenvalue weighted by Crippen LogP contribution is 2.17. The SMILES string of the molecule is CC(C)CCOCC(=O)Nc1cc(N)ccc1F. The van der Waals surface area contributed by atoms with Crippen molar-refractivity contribution >= 4 is 17.3 Å². The molecule has 18 heavy (non-hydrogen) atoms. The van der Waals surface area contributed by atoms with Crippen LogP contribution in [0.25, 0.3) is 0 Å². The normalized spacial score (nSPS) is 10.7. The molecule has 0 unspecified atom stereocenters. The smallest absolute Gasteiger partial charge is 0.250 e. The lowest BCUT2D eigenvalue weighted by Crippen LogP contribution is -2.19. The quantitative estimate of drug-likeness (QED) is 0.605. The van der Waals surface area contributed by atoms with Gasteiger partial charge in [-0.3, -0.25) is 4.79 Å². The molecule has 0 aliphatic rings. The lowest BCUT2D eigenvalue weighted by atomic mass is 10.1. The van der Waals surface area contributed by atoms with Crippen LogP contribution >= 0.6 is 0 Å². The van der Waals surface area contributed by atoms with Crippen LogP contribution in [0.15, 0.2) is 18.2 Å². The maximum atomic E-state index is 13.3. The van der Waals surface area contributed by atoms with E-state index in [9.17, 15) is 9.18 Å². The summed E-state index contributed by atoms with van der Waals surface area (Å²) in [6, 6.07) is 4.02. The summed E-state index contributed by atoms with van der Waals surface area (Å²) in [5.41, 5.74) is 5.98. The van der Waals surface area contributed by atoms with E-state index in [2.05, 4.69) is 19.2 Å². The second kappa shape index (κ2) is 6.96. The van der Waals surface area contributed by atoms with E-state index >= 15 is 0 Å². The molecule has 1 rings (SSSR count). The predicted octanol–water partition coefficient (Wildman–Crippen LogP) is 2.41.